The number of anilines is 1. The standard InChI is InChI=1S/C19H22ClN3/c1-15-7-8-18(13-19(15)20)22-21-17-9-11-23(12-10-17)14-16-5-3-2-4-6-16/h2-9,13,21-22H,10-12,14H2,1H3/p+1. The fourth-order valence-electron chi connectivity index (χ4n) is 2.76. The quantitative estimate of drug-likeness (QED) is 0.737. The molecule has 1 atom stereocenters. The summed E-state index contributed by atoms with van der Waals surface area (Å²) in [7, 11) is 0. The average Bonchev–Trinajstić information content (AvgIpc) is 2.58. The molecule has 0 amide bonds. The minimum Gasteiger partial charge on any atom is -0.328 e. The second-order valence-electron chi connectivity index (χ2n) is 6.06. The smallest absolute Gasteiger partial charge is 0.103 e. The van der Waals surface area contributed by atoms with Crippen LogP contribution in [-0.2, 0) is 6.54 Å². The number of rotatable bonds is 5. The molecule has 3 N–H and O–H groups in total. The summed E-state index contributed by atoms with van der Waals surface area (Å²) < 4.78 is 0. The van der Waals surface area contributed by atoms with Gasteiger partial charge in [-0.15, -0.1) is 0 Å². The molecule has 0 bridgehead atoms. The highest BCUT2D eigenvalue weighted by atomic mass is 35.5. The van der Waals surface area contributed by atoms with Crippen LogP contribution in [0.5, 0.6) is 0 Å². The van der Waals surface area contributed by atoms with Gasteiger partial charge in [0.05, 0.1) is 18.8 Å². The van der Waals surface area contributed by atoms with Crippen LogP contribution in [0, 0.1) is 6.92 Å². The molecule has 0 saturated carbocycles. The Labute approximate surface area is 142 Å². The van der Waals surface area contributed by atoms with Crippen molar-refractivity contribution in [1.82, 2.24) is 5.43 Å². The second-order valence-corrected chi connectivity index (χ2v) is 6.47. The molecule has 0 saturated heterocycles. The Morgan fingerprint density at radius 1 is 1.09 bits per heavy atom. The lowest BCUT2D eigenvalue weighted by atomic mass is 10.1. The molecular weight excluding hydrogens is 306 g/mol. The largest absolute Gasteiger partial charge is 0.328 e. The van der Waals surface area contributed by atoms with Gasteiger partial charge in [0.25, 0.3) is 0 Å². The van der Waals surface area contributed by atoms with Gasteiger partial charge in [-0.2, -0.15) is 0 Å². The third-order valence-corrected chi connectivity index (χ3v) is 4.63. The lowest BCUT2D eigenvalue weighted by molar-refractivity contribution is -0.909. The Hall–Kier alpha value is -1.97. The van der Waals surface area contributed by atoms with Crippen molar-refractivity contribution >= 4 is 17.3 Å². The van der Waals surface area contributed by atoms with E-state index in [0.717, 1.165) is 42.3 Å². The summed E-state index contributed by atoms with van der Waals surface area (Å²) >= 11 is 6.15. The molecule has 1 unspecified atom stereocenters. The number of quaternary nitrogens is 1. The minimum absolute atomic E-state index is 0.785. The molecule has 3 nitrogen and oxygen atoms in total. The van der Waals surface area contributed by atoms with E-state index >= 15 is 0 Å². The van der Waals surface area contributed by atoms with E-state index in [4.69, 9.17) is 11.6 Å². The molecule has 0 spiro atoms. The van der Waals surface area contributed by atoms with Crippen molar-refractivity contribution < 1.29 is 4.90 Å². The number of aryl methyl sites for hydroxylation is 1. The van der Waals surface area contributed by atoms with Crippen LogP contribution in [0.2, 0.25) is 5.02 Å². The van der Waals surface area contributed by atoms with Gasteiger partial charge in [0, 0.05) is 22.7 Å². The number of hydrogen-bond donors (Lipinski definition) is 3. The van der Waals surface area contributed by atoms with E-state index < -0.39 is 0 Å². The molecule has 1 heterocycles. The normalized spacial score (nSPS) is 17.5. The highest BCUT2D eigenvalue weighted by Crippen LogP contribution is 2.19. The first-order valence-electron chi connectivity index (χ1n) is 8.05. The van der Waals surface area contributed by atoms with Crippen LogP contribution >= 0.6 is 11.6 Å². The first-order chi connectivity index (χ1) is 11.2. The van der Waals surface area contributed by atoms with Crippen molar-refractivity contribution in [2.24, 2.45) is 0 Å². The molecule has 1 aliphatic heterocycles. The number of hydrazine groups is 1. The molecule has 120 valence electrons. The molecule has 2 aromatic rings. The van der Waals surface area contributed by atoms with Crippen LogP contribution < -0.4 is 15.8 Å². The van der Waals surface area contributed by atoms with Crippen molar-refractivity contribution in [3.63, 3.8) is 0 Å². The predicted molar refractivity (Wildman–Crippen MR) is 96.5 cm³/mol. The van der Waals surface area contributed by atoms with Crippen molar-refractivity contribution in [2.45, 2.75) is 19.9 Å². The number of halogens is 1. The molecule has 0 fully saturated rings. The summed E-state index contributed by atoms with van der Waals surface area (Å²) in [6.45, 7) is 5.29. The highest BCUT2D eigenvalue weighted by Gasteiger charge is 2.15. The van der Waals surface area contributed by atoms with Crippen molar-refractivity contribution in [3.8, 4) is 0 Å². The molecule has 0 aliphatic carbocycles. The summed E-state index contributed by atoms with van der Waals surface area (Å²) in [6.07, 6.45) is 3.33. The number of nitrogens with one attached hydrogen (secondary N) is 3. The first-order valence-corrected chi connectivity index (χ1v) is 8.43. The molecule has 2 aromatic carbocycles. The SMILES string of the molecule is Cc1ccc(NNC2=CC[NH+](Cc3ccccc3)CC2)cc1Cl. The molecular formula is C19H23ClN3+. The van der Waals surface area contributed by atoms with Crippen LogP contribution in [0.3, 0.4) is 0 Å². The fraction of sp³-hybridized carbons (Fsp3) is 0.263. The lowest BCUT2D eigenvalue weighted by Gasteiger charge is -2.24. The van der Waals surface area contributed by atoms with Gasteiger partial charge in [0.1, 0.15) is 6.54 Å². The maximum absolute atomic E-state index is 6.15. The predicted octanol–water partition coefficient (Wildman–Crippen LogP) is 2.94. The number of benzene rings is 2. The van der Waals surface area contributed by atoms with Gasteiger partial charge in [-0.3, -0.25) is 0 Å². The van der Waals surface area contributed by atoms with Crippen molar-refractivity contribution in [3.05, 3.63) is 76.5 Å². The number of hydrogen-bond acceptors (Lipinski definition) is 2. The van der Waals surface area contributed by atoms with E-state index in [-0.39, 0.29) is 0 Å². The van der Waals surface area contributed by atoms with E-state index in [0.29, 0.717) is 0 Å². The van der Waals surface area contributed by atoms with Crippen LogP contribution in [0.1, 0.15) is 17.5 Å². The Kier molecular flexibility index (Phi) is 5.21. The van der Waals surface area contributed by atoms with Gasteiger partial charge < -0.3 is 15.8 Å². The highest BCUT2D eigenvalue weighted by molar-refractivity contribution is 6.31. The van der Waals surface area contributed by atoms with Crippen LogP contribution in [0.15, 0.2) is 60.3 Å². The fourth-order valence-corrected chi connectivity index (χ4v) is 2.95. The maximum atomic E-state index is 6.15. The van der Waals surface area contributed by atoms with Crippen molar-refractivity contribution in [2.75, 3.05) is 18.5 Å². The van der Waals surface area contributed by atoms with Gasteiger partial charge >= 0.3 is 0 Å². The van der Waals surface area contributed by atoms with E-state index in [1.54, 1.807) is 4.90 Å². The molecule has 0 radical (unpaired) electrons. The zero-order chi connectivity index (χ0) is 16.1. The lowest BCUT2D eigenvalue weighted by Crippen LogP contribution is -3.11. The molecule has 1 aliphatic rings. The molecule has 23 heavy (non-hydrogen) atoms. The summed E-state index contributed by atoms with van der Waals surface area (Å²) in [6, 6.07) is 16.7. The van der Waals surface area contributed by atoms with E-state index in [2.05, 4.69) is 47.3 Å². The Morgan fingerprint density at radius 3 is 2.61 bits per heavy atom. The van der Waals surface area contributed by atoms with Crippen LogP contribution in [-0.4, -0.2) is 13.1 Å². The second kappa shape index (κ2) is 7.53. The molecule has 0 aromatic heterocycles. The van der Waals surface area contributed by atoms with Gasteiger partial charge in [-0.05, 0) is 30.7 Å². The van der Waals surface area contributed by atoms with E-state index in [9.17, 15) is 0 Å². The summed E-state index contributed by atoms with van der Waals surface area (Å²) in [5.41, 5.74) is 11.3. The van der Waals surface area contributed by atoms with Crippen LogP contribution in [0.4, 0.5) is 5.69 Å². The van der Waals surface area contributed by atoms with Gasteiger partial charge in [-0.1, -0.05) is 48.0 Å². The zero-order valence-electron chi connectivity index (χ0n) is 13.4. The Bertz CT molecular complexity index is 682. The minimum atomic E-state index is 0.785. The maximum Gasteiger partial charge on any atom is 0.103 e. The Morgan fingerprint density at radius 2 is 1.91 bits per heavy atom. The summed E-state index contributed by atoms with van der Waals surface area (Å²) in [5.74, 6) is 0. The zero-order valence-corrected chi connectivity index (χ0v) is 14.2. The molecule has 3 rings (SSSR count). The van der Waals surface area contributed by atoms with Gasteiger partial charge in [0.15, 0.2) is 0 Å². The van der Waals surface area contributed by atoms with E-state index in [1.165, 1.54) is 11.3 Å². The third kappa shape index (κ3) is 4.50. The third-order valence-electron chi connectivity index (χ3n) is 4.22. The topological polar surface area (TPSA) is 28.5 Å². The van der Waals surface area contributed by atoms with Gasteiger partial charge in [-0.25, -0.2) is 0 Å². The Balaban J connectivity index is 1.50. The van der Waals surface area contributed by atoms with Gasteiger partial charge in [0.2, 0.25) is 0 Å². The monoisotopic (exact) mass is 328 g/mol. The van der Waals surface area contributed by atoms with Crippen LogP contribution in [0.25, 0.3) is 0 Å². The molecule has 4 heteroatoms. The van der Waals surface area contributed by atoms with E-state index in [1.807, 2.05) is 25.1 Å². The summed E-state index contributed by atoms with van der Waals surface area (Å²) in [4.78, 5) is 1.60. The first kappa shape index (κ1) is 15.9. The summed E-state index contributed by atoms with van der Waals surface area (Å²) in [5, 5.41) is 0.785. The van der Waals surface area contributed by atoms with Crippen molar-refractivity contribution in [1.29, 1.82) is 0 Å². The average molecular weight is 329 g/mol.